The Labute approximate surface area is 72.4 Å². The van der Waals surface area contributed by atoms with Gasteiger partial charge in [-0.1, -0.05) is 18.2 Å². The molecular formula is C10H12O2. The topological polar surface area (TPSA) is 18.5 Å². The van der Waals surface area contributed by atoms with Crippen molar-refractivity contribution in [3.63, 3.8) is 0 Å². The van der Waals surface area contributed by atoms with Gasteiger partial charge in [-0.15, -0.1) is 0 Å². The third-order valence-electron chi connectivity index (χ3n) is 1.40. The molecule has 0 unspecified atom stereocenters. The van der Waals surface area contributed by atoms with Crippen LogP contribution in [0.15, 0.2) is 36.6 Å². The Kier molecular flexibility index (Phi) is 3.20. The van der Waals surface area contributed by atoms with Crippen molar-refractivity contribution >= 4 is 0 Å². The average molecular weight is 164 g/mol. The predicted molar refractivity (Wildman–Crippen MR) is 48.4 cm³/mol. The van der Waals surface area contributed by atoms with Crippen molar-refractivity contribution in [2.75, 3.05) is 7.11 Å². The minimum atomic E-state index is 0.734. The van der Waals surface area contributed by atoms with Crippen LogP contribution in [0.1, 0.15) is 6.92 Å². The standard InChI is InChI=1S/C10H12O2/c1-3-8-12-10-7-5-4-6-9(10)11-2/h3-8H,1-2H3. The first kappa shape index (κ1) is 8.65. The Bertz CT molecular complexity index is 266. The quantitative estimate of drug-likeness (QED) is 0.639. The summed E-state index contributed by atoms with van der Waals surface area (Å²) in [6, 6.07) is 7.53. The maximum absolute atomic E-state index is 5.27. The Hall–Kier alpha value is -1.44. The van der Waals surface area contributed by atoms with Gasteiger partial charge in [-0.2, -0.15) is 0 Å². The van der Waals surface area contributed by atoms with Gasteiger partial charge in [-0.25, -0.2) is 0 Å². The summed E-state index contributed by atoms with van der Waals surface area (Å²) in [5.74, 6) is 1.48. The van der Waals surface area contributed by atoms with Gasteiger partial charge in [0.05, 0.1) is 13.4 Å². The van der Waals surface area contributed by atoms with Crippen LogP contribution in [0.3, 0.4) is 0 Å². The van der Waals surface area contributed by atoms with Crippen LogP contribution in [-0.4, -0.2) is 7.11 Å². The molecule has 0 fully saturated rings. The first-order valence-electron chi connectivity index (χ1n) is 3.79. The Morgan fingerprint density at radius 1 is 1.17 bits per heavy atom. The summed E-state index contributed by atoms with van der Waals surface area (Å²) < 4.78 is 10.4. The predicted octanol–water partition coefficient (Wildman–Crippen LogP) is 2.61. The molecule has 0 saturated heterocycles. The molecule has 1 rings (SSSR count). The minimum Gasteiger partial charge on any atom is -0.493 e. The Balaban J connectivity index is 2.81. The van der Waals surface area contributed by atoms with Gasteiger partial charge in [0, 0.05) is 0 Å². The molecule has 1 aromatic carbocycles. The Morgan fingerprint density at radius 2 is 1.83 bits per heavy atom. The highest BCUT2D eigenvalue weighted by molar-refractivity contribution is 5.39. The lowest BCUT2D eigenvalue weighted by atomic mass is 10.3. The molecule has 0 saturated carbocycles. The van der Waals surface area contributed by atoms with Gasteiger partial charge in [-0.05, 0) is 19.1 Å². The van der Waals surface area contributed by atoms with Gasteiger partial charge in [-0.3, -0.25) is 0 Å². The second kappa shape index (κ2) is 4.44. The molecule has 12 heavy (non-hydrogen) atoms. The molecule has 2 heteroatoms. The summed E-state index contributed by atoms with van der Waals surface area (Å²) in [6.45, 7) is 1.90. The average Bonchev–Trinajstić information content (AvgIpc) is 2.15. The summed E-state index contributed by atoms with van der Waals surface area (Å²) >= 11 is 0. The number of benzene rings is 1. The number of rotatable bonds is 3. The molecular weight excluding hydrogens is 152 g/mol. The largest absolute Gasteiger partial charge is 0.493 e. The molecule has 0 bridgehead atoms. The fourth-order valence-electron chi connectivity index (χ4n) is 0.858. The first-order chi connectivity index (χ1) is 5.88. The molecule has 0 aliphatic carbocycles. The highest BCUT2D eigenvalue weighted by Crippen LogP contribution is 2.25. The van der Waals surface area contributed by atoms with E-state index in [9.17, 15) is 0 Å². The molecule has 0 aliphatic heterocycles. The number of para-hydroxylation sites is 2. The molecule has 1 aromatic rings. The fraction of sp³-hybridized carbons (Fsp3) is 0.200. The van der Waals surface area contributed by atoms with Crippen LogP contribution in [0.4, 0.5) is 0 Å². The van der Waals surface area contributed by atoms with Crippen molar-refractivity contribution in [2.45, 2.75) is 6.92 Å². The van der Waals surface area contributed by atoms with Crippen LogP contribution in [0.25, 0.3) is 0 Å². The van der Waals surface area contributed by atoms with Crippen LogP contribution >= 0.6 is 0 Å². The smallest absolute Gasteiger partial charge is 0.168 e. The van der Waals surface area contributed by atoms with Gasteiger partial charge in [0.25, 0.3) is 0 Å². The zero-order valence-corrected chi connectivity index (χ0v) is 7.28. The van der Waals surface area contributed by atoms with Gasteiger partial charge in [0.15, 0.2) is 11.5 Å². The van der Waals surface area contributed by atoms with Crippen LogP contribution in [0.2, 0.25) is 0 Å². The van der Waals surface area contributed by atoms with Gasteiger partial charge in [0.2, 0.25) is 0 Å². The summed E-state index contributed by atoms with van der Waals surface area (Å²) in [5.41, 5.74) is 0. The fourth-order valence-corrected chi connectivity index (χ4v) is 0.858. The van der Waals surface area contributed by atoms with E-state index in [2.05, 4.69) is 0 Å². The Morgan fingerprint density at radius 3 is 2.42 bits per heavy atom. The normalized spacial score (nSPS) is 10.2. The highest BCUT2D eigenvalue weighted by atomic mass is 16.5. The van der Waals surface area contributed by atoms with E-state index in [1.807, 2.05) is 37.3 Å². The monoisotopic (exact) mass is 164 g/mol. The van der Waals surface area contributed by atoms with Crippen molar-refractivity contribution in [1.29, 1.82) is 0 Å². The van der Waals surface area contributed by atoms with Crippen molar-refractivity contribution in [3.05, 3.63) is 36.6 Å². The van der Waals surface area contributed by atoms with Crippen LogP contribution in [-0.2, 0) is 0 Å². The maximum atomic E-state index is 5.27. The van der Waals surface area contributed by atoms with Crippen LogP contribution in [0.5, 0.6) is 11.5 Å². The number of ether oxygens (including phenoxy) is 2. The summed E-state index contributed by atoms with van der Waals surface area (Å²) in [7, 11) is 1.62. The van der Waals surface area contributed by atoms with E-state index in [0.29, 0.717) is 0 Å². The van der Waals surface area contributed by atoms with E-state index in [1.54, 1.807) is 13.4 Å². The number of allylic oxidation sites excluding steroid dienone is 1. The van der Waals surface area contributed by atoms with E-state index in [1.165, 1.54) is 0 Å². The highest BCUT2D eigenvalue weighted by Gasteiger charge is 1.98. The molecule has 64 valence electrons. The number of hydrogen-bond donors (Lipinski definition) is 0. The molecule has 2 nitrogen and oxygen atoms in total. The number of hydrogen-bond acceptors (Lipinski definition) is 2. The van der Waals surface area contributed by atoms with E-state index < -0.39 is 0 Å². The summed E-state index contributed by atoms with van der Waals surface area (Å²) in [4.78, 5) is 0. The van der Waals surface area contributed by atoms with Crippen LogP contribution < -0.4 is 9.47 Å². The van der Waals surface area contributed by atoms with Crippen molar-refractivity contribution in [2.24, 2.45) is 0 Å². The van der Waals surface area contributed by atoms with E-state index in [-0.39, 0.29) is 0 Å². The van der Waals surface area contributed by atoms with Crippen molar-refractivity contribution < 1.29 is 9.47 Å². The molecule has 0 aromatic heterocycles. The molecule has 0 N–H and O–H groups in total. The zero-order chi connectivity index (χ0) is 8.81. The van der Waals surface area contributed by atoms with Crippen molar-refractivity contribution in [1.82, 2.24) is 0 Å². The summed E-state index contributed by atoms with van der Waals surface area (Å²) in [6.07, 6.45) is 3.45. The second-order valence-electron chi connectivity index (χ2n) is 2.24. The van der Waals surface area contributed by atoms with Crippen LogP contribution in [0, 0.1) is 0 Å². The molecule has 0 aliphatic rings. The van der Waals surface area contributed by atoms with Gasteiger partial charge < -0.3 is 9.47 Å². The summed E-state index contributed by atoms with van der Waals surface area (Å²) in [5, 5.41) is 0. The number of methoxy groups -OCH3 is 1. The lowest BCUT2D eigenvalue weighted by Gasteiger charge is -2.05. The molecule has 0 atom stereocenters. The van der Waals surface area contributed by atoms with Crippen molar-refractivity contribution in [3.8, 4) is 11.5 Å². The first-order valence-corrected chi connectivity index (χ1v) is 3.79. The van der Waals surface area contributed by atoms with E-state index >= 15 is 0 Å². The van der Waals surface area contributed by atoms with E-state index in [4.69, 9.17) is 9.47 Å². The lowest BCUT2D eigenvalue weighted by Crippen LogP contribution is -1.88. The minimum absolute atomic E-state index is 0.734. The molecule has 0 amide bonds. The van der Waals surface area contributed by atoms with E-state index in [0.717, 1.165) is 11.5 Å². The molecule has 0 heterocycles. The maximum Gasteiger partial charge on any atom is 0.168 e. The SMILES string of the molecule is CC=COc1ccccc1OC. The second-order valence-corrected chi connectivity index (χ2v) is 2.24. The van der Waals surface area contributed by atoms with Gasteiger partial charge in [0.1, 0.15) is 0 Å². The zero-order valence-electron chi connectivity index (χ0n) is 7.28. The third kappa shape index (κ3) is 2.02. The lowest BCUT2D eigenvalue weighted by molar-refractivity contribution is 0.378. The molecule has 0 spiro atoms. The third-order valence-corrected chi connectivity index (χ3v) is 1.40. The van der Waals surface area contributed by atoms with Gasteiger partial charge >= 0.3 is 0 Å². The molecule has 0 radical (unpaired) electrons.